The summed E-state index contributed by atoms with van der Waals surface area (Å²) < 4.78 is 10.8. The molecule has 11 nitrogen and oxygen atoms in total. The van der Waals surface area contributed by atoms with Crippen molar-refractivity contribution in [3.63, 3.8) is 0 Å². The zero-order valence-electron chi connectivity index (χ0n) is 20.0. The summed E-state index contributed by atoms with van der Waals surface area (Å²) in [6.07, 6.45) is 7.79. The number of anilines is 1. The Hall–Kier alpha value is -4.17. The average Bonchev–Trinajstić information content (AvgIpc) is 3.46. The van der Waals surface area contributed by atoms with E-state index >= 15 is 0 Å². The molecule has 2 aromatic heterocycles. The number of urea groups is 1. The molecule has 1 saturated heterocycles. The van der Waals surface area contributed by atoms with E-state index in [-0.39, 0.29) is 6.03 Å². The average molecular weight is 489 g/mol. The van der Waals surface area contributed by atoms with Gasteiger partial charge in [-0.2, -0.15) is 10.4 Å². The lowest BCUT2D eigenvalue weighted by molar-refractivity contribution is 0.0903. The zero-order valence-corrected chi connectivity index (χ0v) is 20.0. The third-order valence-electron chi connectivity index (χ3n) is 6.59. The molecule has 2 aliphatic heterocycles. The van der Waals surface area contributed by atoms with E-state index in [1.165, 1.54) is 7.11 Å². The minimum atomic E-state index is -0.476. The number of carbonyl (C=O) groups is 1. The van der Waals surface area contributed by atoms with Gasteiger partial charge in [-0.15, -0.1) is 0 Å². The maximum atomic E-state index is 13.4. The lowest BCUT2D eigenvalue weighted by Crippen LogP contribution is -2.44. The minimum absolute atomic E-state index is 0.215. The van der Waals surface area contributed by atoms with Crippen LogP contribution in [0.25, 0.3) is 0 Å². The van der Waals surface area contributed by atoms with Gasteiger partial charge >= 0.3 is 6.03 Å². The summed E-state index contributed by atoms with van der Waals surface area (Å²) in [5, 5.41) is 22.7. The second-order valence-corrected chi connectivity index (χ2v) is 8.85. The van der Waals surface area contributed by atoms with Gasteiger partial charge in [0, 0.05) is 43.8 Å². The molecule has 2 amide bonds. The molecule has 0 spiro atoms. The number of nitriles is 1. The standard InChI is InChI=1S/C25H28N8O3/c1-35-22-10-16(2-3-17(22)11-26)23(19-13-28-29-14-19)32-25(34)33-7-4-18-12-27-24(31-21(18)15-33)30-20-5-8-36-9-6-20/h2-3,10,12-14,20,23H,4-9,15H2,1H3,(H,28,29)(H,32,34)(H,27,30,31)/t23-/m1/s1. The first-order valence-corrected chi connectivity index (χ1v) is 12.0. The van der Waals surface area contributed by atoms with Crippen molar-refractivity contribution in [3.05, 3.63) is 64.7 Å². The van der Waals surface area contributed by atoms with Crippen molar-refractivity contribution in [1.82, 2.24) is 30.4 Å². The van der Waals surface area contributed by atoms with Crippen LogP contribution in [0.1, 0.15) is 46.8 Å². The molecular weight excluding hydrogens is 460 g/mol. The van der Waals surface area contributed by atoms with E-state index in [0.29, 0.717) is 42.8 Å². The van der Waals surface area contributed by atoms with Crippen LogP contribution in [-0.2, 0) is 17.7 Å². The molecule has 1 atom stereocenters. The first-order chi connectivity index (χ1) is 17.6. The number of ether oxygens (including phenoxy) is 2. The molecule has 36 heavy (non-hydrogen) atoms. The fourth-order valence-electron chi connectivity index (χ4n) is 4.54. The van der Waals surface area contributed by atoms with Gasteiger partial charge in [-0.1, -0.05) is 6.07 Å². The molecule has 0 unspecified atom stereocenters. The molecule has 0 radical (unpaired) electrons. The van der Waals surface area contributed by atoms with Crippen LogP contribution in [0.5, 0.6) is 5.75 Å². The van der Waals surface area contributed by atoms with Gasteiger partial charge in [0.15, 0.2) is 0 Å². The summed E-state index contributed by atoms with van der Waals surface area (Å²) in [7, 11) is 1.52. The molecule has 0 saturated carbocycles. The van der Waals surface area contributed by atoms with Gasteiger partial charge in [-0.25, -0.2) is 14.8 Å². The Balaban J connectivity index is 1.32. The SMILES string of the molecule is COc1cc([C@@H](NC(=O)N2CCc3cnc(NC4CCOCC4)nc3C2)c2cn[nH]c2)ccc1C#N. The quantitative estimate of drug-likeness (QED) is 0.481. The highest BCUT2D eigenvalue weighted by Gasteiger charge is 2.27. The largest absolute Gasteiger partial charge is 0.495 e. The third-order valence-corrected chi connectivity index (χ3v) is 6.59. The van der Waals surface area contributed by atoms with Gasteiger partial charge in [0.1, 0.15) is 11.8 Å². The van der Waals surface area contributed by atoms with E-state index in [9.17, 15) is 10.1 Å². The molecule has 0 bridgehead atoms. The molecule has 5 rings (SSSR count). The Kier molecular flexibility index (Phi) is 6.95. The molecule has 2 aliphatic rings. The number of amides is 2. The molecule has 1 fully saturated rings. The van der Waals surface area contributed by atoms with Crippen LogP contribution < -0.4 is 15.4 Å². The number of hydrogen-bond acceptors (Lipinski definition) is 8. The van der Waals surface area contributed by atoms with Crippen LogP contribution >= 0.6 is 0 Å². The van der Waals surface area contributed by atoms with Gasteiger partial charge in [0.2, 0.25) is 5.95 Å². The number of methoxy groups -OCH3 is 1. The van der Waals surface area contributed by atoms with Crippen LogP contribution in [0.15, 0.2) is 36.8 Å². The number of H-pyrrole nitrogens is 1. The minimum Gasteiger partial charge on any atom is -0.495 e. The summed E-state index contributed by atoms with van der Waals surface area (Å²) in [5.74, 6) is 1.04. The zero-order chi connectivity index (χ0) is 24.9. The van der Waals surface area contributed by atoms with Crippen molar-refractivity contribution in [2.75, 3.05) is 32.2 Å². The monoisotopic (exact) mass is 488 g/mol. The predicted molar refractivity (Wildman–Crippen MR) is 130 cm³/mol. The highest BCUT2D eigenvalue weighted by atomic mass is 16.5. The molecule has 3 aromatic rings. The number of aromatic nitrogens is 4. The number of aromatic amines is 1. The van der Waals surface area contributed by atoms with E-state index in [1.807, 2.05) is 12.3 Å². The van der Waals surface area contributed by atoms with E-state index in [1.54, 1.807) is 29.4 Å². The van der Waals surface area contributed by atoms with Gasteiger partial charge < -0.3 is 25.0 Å². The Morgan fingerprint density at radius 3 is 2.92 bits per heavy atom. The summed E-state index contributed by atoms with van der Waals surface area (Å²) in [6.45, 7) is 2.42. The van der Waals surface area contributed by atoms with Crippen molar-refractivity contribution in [2.24, 2.45) is 0 Å². The number of fused-ring (bicyclic) bond motifs is 1. The number of rotatable bonds is 6. The van der Waals surface area contributed by atoms with E-state index in [0.717, 1.165) is 48.4 Å². The first-order valence-electron chi connectivity index (χ1n) is 12.0. The Morgan fingerprint density at radius 2 is 2.17 bits per heavy atom. The van der Waals surface area contributed by atoms with Gasteiger partial charge in [-0.3, -0.25) is 5.10 Å². The fraction of sp³-hybridized carbons (Fsp3) is 0.400. The van der Waals surface area contributed by atoms with Crippen LogP contribution in [0, 0.1) is 11.3 Å². The van der Waals surface area contributed by atoms with Gasteiger partial charge in [-0.05, 0) is 42.5 Å². The number of hydrogen-bond donors (Lipinski definition) is 3. The summed E-state index contributed by atoms with van der Waals surface area (Å²) in [4.78, 5) is 24.3. The van der Waals surface area contributed by atoms with Crippen molar-refractivity contribution >= 4 is 12.0 Å². The van der Waals surface area contributed by atoms with Crippen molar-refractivity contribution in [3.8, 4) is 11.8 Å². The van der Waals surface area contributed by atoms with E-state index in [4.69, 9.17) is 14.5 Å². The molecule has 3 N–H and O–H groups in total. The molecular formula is C25H28N8O3. The summed E-state index contributed by atoms with van der Waals surface area (Å²) in [6, 6.07) is 6.98. The Labute approximate surface area is 208 Å². The maximum absolute atomic E-state index is 13.4. The van der Waals surface area contributed by atoms with Crippen molar-refractivity contribution in [2.45, 2.75) is 37.9 Å². The van der Waals surface area contributed by atoms with Crippen molar-refractivity contribution in [1.29, 1.82) is 5.26 Å². The number of benzene rings is 1. The highest BCUT2D eigenvalue weighted by Crippen LogP contribution is 2.28. The predicted octanol–water partition coefficient (Wildman–Crippen LogP) is 2.53. The van der Waals surface area contributed by atoms with Crippen LogP contribution in [0.3, 0.4) is 0 Å². The second kappa shape index (κ2) is 10.6. The molecule has 0 aliphatic carbocycles. The number of carbonyl (C=O) groups excluding carboxylic acids is 1. The topological polar surface area (TPSA) is 141 Å². The first kappa shape index (κ1) is 23.6. The molecule has 4 heterocycles. The smallest absolute Gasteiger partial charge is 0.318 e. The lowest BCUT2D eigenvalue weighted by atomic mass is 9.99. The van der Waals surface area contributed by atoms with Crippen LogP contribution in [-0.4, -0.2) is 64.0 Å². The Morgan fingerprint density at radius 1 is 1.31 bits per heavy atom. The number of nitrogens with one attached hydrogen (secondary N) is 3. The second-order valence-electron chi connectivity index (χ2n) is 8.85. The van der Waals surface area contributed by atoms with Gasteiger partial charge in [0.05, 0.1) is 37.2 Å². The maximum Gasteiger partial charge on any atom is 0.318 e. The molecule has 11 heteroatoms. The van der Waals surface area contributed by atoms with Crippen LogP contribution in [0.2, 0.25) is 0 Å². The van der Waals surface area contributed by atoms with E-state index < -0.39 is 6.04 Å². The Bertz CT molecular complexity index is 1250. The fourth-order valence-corrected chi connectivity index (χ4v) is 4.54. The summed E-state index contributed by atoms with van der Waals surface area (Å²) >= 11 is 0. The lowest BCUT2D eigenvalue weighted by Gasteiger charge is -2.30. The third kappa shape index (κ3) is 5.08. The van der Waals surface area contributed by atoms with Crippen LogP contribution in [0.4, 0.5) is 10.7 Å². The molecule has 1 aromatic carbocycles. The van der Waals surface area contributed by atoms with Crippen molar-refractivity contribution < 1.29 is 14.3 Å². The highest BCUT2D eigenvalue weighted by molar-refractivity contribution is 5.75. The number of nitrogens with zero attached hydrogens (tertiary/aromatic N) is 5. The normalized spacial score (nSPS) is 16.5. The van der Waals surface area contributed by atoms with E-state index in [2.05, 4.69) is 31.9 Å². The molecule has 186 valence electrons. The summed E-state index contributed by atoms with van der Waals surface area (Å²) in [5.41, 5.74) is 3.90. The van der Waals surface area contributed by atoms with Gasteiger partial charge in [0.25, 0.3) is 0 Å².